The highest BCUT2D eigenvalue weighted by Gasteiger charge is 2.01. The Balaban J connectivity index is 2.85. The lowest BCUT2D eigenvalue weighted by atomic mass is 10.1. The first-order chi connectivity index (χ1) is 5.58. The molecule has 66 valence electrons. The van der Waals surface area contributed by atoms with Crippen molar-refractivity contribution in [2.75, 3.05) is 0 Å². The van der Waals surface area contributed by atoms with Gasteiger partial charge in [0.1, 0.15) is 5.15 Å². The number of halogens is 1. The van der Waals surface area contributed by atoms with E-state index in [1.54, 1.807) is 13.0 Å². The quantitative estimate of drug-likeness (QED) is 0.715. The Morgan fingerprint density at radius 3 is 2.75 bits per heavy atom. The molecule has 0 radical (unpaired) electrons. The zero-order chi connectivity index (χ0) is 9.14. The Hall–Kier alpha value is -0.600. The molecule has 3 heteroatoms. The Morgan fingerprint density at radius 2 is 2.25 bits per heavy atom. The summed E-state index contributed by atoms with van der Waals surface area (Å²) in [6.45, 7) is 3.64. The molecule has 1 rings (SSSR count). The van der Waals surface area contributed by atoms with Crippen LogP contribution in [-0.4, -0.2) is 16.2 Å². The van der Waals surface area contributed by atoms with E-state index in [1.807, 2.05) is 13.0 Å². The number of aliphatic hydroxyl groups is 1. The van der Waals surface area contributed by atoms with Gasteiger partial charge in [-0.15, -0.1) is 0 Å². The molecule has 0 spiro atoms. The van der Waals surface area contributed by atoms with Crippen LogP contribution >= 0.6 is 11.6 Å². The summed E-state index contributed by atoms with van der Waals surface area (Å²) in [5.41, 5.74) is 1.92. The van der Waals surface area contributed by atoms with Crippen LogP contribution in [-0.2, 0) is 6.42 Å². The topological polar surface area (TPSA) is 33.1 Å². The molecule has 0 aliphatic heterocycles. The van der Waals surface area contributed by atoms with Crippen molar-refractivity contribution in [3.63, 3.8) is 0 Å². The third kappa shape index (κ3) is 2.80. The third-order valence-electron chi connectivity index (χ3n) is 1.51. The van der Waals surface area contributed by atoms with Crippen LogP contribution in [0.25, 0.3) is 0 Å². The highest BCUT2D eigenvalue weighted by atomic mass is 35.5. The molecule has 1 N–H and O–H groups in total. The molecule has 0 saturated heterocycles. The van der Waals surface area contributed by atoms with Gasteiger partial charge in [0.2, 0.25) is 0 Å². The lowest BCUT2D eigenvalue weighted by molar-refractivity contribution is 0.195. The number of nitrogens with zero attached hydrogens (tertiary/aromatic N) is 1. The first-order valence-electron chi connectivity index (χ1n) is 3.89. The monoisotopic (exact) mass is 185 g/mol. The summed E-state index contributed by atoms with van der Waals surface area (Å²) in [5.74, 6) is 0. The van der Waals surface area contributed by atoms with E-state index >= 15 is 0 Å². The van der Waals surface area contributed by atoms with E-state index < -0.39 is 0 Å². The summed E-state index contributed by atoms with van der Waals surface area (Å²) in [5, 5.41) is 9.62. The van der Waals surface area contributed by atoms with Crippen molar-refractivity contribution < 1.29 is 5.11 Å². The van der Waals surface area contributed by atoms with Gasteiger partial charge in [-0.1, -0.05) is 11.6 Å². The molecule has 0 saturated carbocycles. The van der Waals surface area contributed by atoms with Crippen molar-refractivity contribution in [1.29, 1.82) is 0 Å². The second-order valence-electron chi connectivity index (χ2n) is 2.99. The molecule has 0 fully saturated rings. The second kappa shape index (κ2) is 3.87. The van der Waals surface area contributed by atoms with Crippen LogP contribution in [0, 0.1) is 6.92 Å². The van der Waals surface area contributed by atoms with Crippen LogP contribution in [0.4, 0.5) is 0 Å². The average Bonchev–Trinajstić information content (AvgIpc) is 1.81. The fourth-order valence-electron chi connectivity index (χ4n) is 1.15. The Kier molecular flexibility index (Phi) is 3.06. The molecular formula is C9H12ClNO. The van der Waals surface area contributed by atoms with Gasteiger partial charge in [0.25, 0.3) is 0 Å². The van der Waals surface area contributed by atoms with Crippen molar-refractivity contribution in [3.8, 4) is 0 Å². The summed E-state index contributed by atoms with van der Waals surface area (Å²) < 4.78 is 0. The largest absolute Gasteiger partial charge is 0.393 e. The van der Waals surface area contributed by atoms with Crippen molar-refractivity contribution in [1.82, 2.24) is 4.98 Å². The van der Waals surface area contributed by atoms with E-state index in [0.717, 1.165) is 11.3 Å². The Morgan fingerprint density at radius 1 is 1.58 bits per heavy atom. The highest BCUT2D eigenvalue weighted by Crippen LogP contribution is 2.11. The van der Waals surface area contributed by atoms with E-state index in [-0.39, 0.29) is 6.10 Å². The zero-order valence-corrected chi connectivity index (χ0v) is 7.97. The summed E-state index contributed by atoms with van der Waals surface area (Å²) in [4.78, 5) is 4.03. The number of hydrogen-bond acceptors (Lipinski definition) is 2. The number of aryl methyl sites for hydroxylation is 1. The summed E-state index contributed by atoms with van der Waals surface area (Å²) in [6.07, 6.45) is 0.297. The molecule has 0 aromatic carbocycles. The first kappa shape index (κ1) is 9.49. The van der Waals surface area contributed by atoms with E-state index in [2.05, 4.69) is 4.98 Å². The average molecular weight is 186 g/mol. The number of aliphatic hydroxyl groups excluding tert-OH is 1. The fraction of sp³-hybridized carbons (Fsp3) is 0.444. The van der Waals surface area contributed by atoms with Crippen molar-refractivity contribution in [2.45, 2.75) is 26.4 Å². The van der Waals surface area contributed by atoms with Crippen LogP contribution < -0.4 is 0 Å². The molecule has 2 nitrogen and oxygen atoms in total. The molecule has 0 aliphatic carbocycles. The van der Waals surface area contributed by atoms with Crippen LogP contribution in [0.1, 0.15) is 18.2 Å². The zero-order valence-electron chi connectivity index (χ0n) is 7.21. The van der Waals surface area contributed by atoms with Crippen LogP contribution in [0.5, 0.6) is 0 Å². The lowest BCUT2D eigenvalue weighted by Gasteiger charge is -2.05. The number of pyridine rings is 1. The van der Waals surface area contributed by atoms with Gasteiger partial charge in [0, 0.05) is 5.69 Å². The normalized spacial score (nSPS) is 13.0. The van der Waals surface area contributed by atoms with E-state index in [1.165, 1.54) is 0 Å². The Labute approximate surface area is 77.2 Å². The minimum atomic E-state index is -0.331. The van der Waals surface area contributed by atoms with Crippen molar-refractivity contribution >= 4 is 11.6 Å². The molecule has 0 unspecified atom stereocenters. The van der Waals surface area contributed by atoms with Gasteiger partial charge in [0.05, 0.1) is 6.10 Å². The molecule has 1 aromatic heterocycles. The van der Waals surface area contributed by atoms with Gasteiger partial charge >= 0.3 is 0 Å². The lowest BCUT2D eigenvalue weighted by Crippen LogP contribution is -2.04. The predicted octanol–water partition coefficient (Wildman–Crippen LogP) is 1.97. The van der Waals surface area contributed by atoms with Crippen LogP contribution in [0.2, 0.25) is 5.15 Å². The van der Waals surface area contributed by atoms with Crippen molar-refractivity contribution in [3.05, 3.63) is 28.5 Å². The summed E-state index contributed by atoms with van der Waals surface area (Å²) in [7, 11) is 0. The first-order valence-corrected chi connectivity index (χ1v) is 4.27. The second-order valence-corrected chi connectivity index (χ2v) is 3.38. The number of aromatic nitrogens is 1. The van der Waals surface area contributed by atoms with Gasteiger partial charge in [-0.05, 0) is 38.0 Å². The summed E-state index contributed by atoms with van der Waals surface area (Å²) >= 11 is 5.74. The Bertz CT molecular complexity index is 253. The predicted molar refractivity (Wildman–Crippen MR) is 49.4 cm³/mol. The summed E-state index contributed by atoms with van der Waals surface area (Å²) in [6, 6.07) is 3.71. The smallest absolute Gasteiger partial charge is 0.129 e. The maximum absolute atomic E-state index is 9.12. The molecule has 1 atom stereocenters. The minimum absolute atomic E-state index is 0.331. The molecule has 0 amide bonds. The van der Waals surface area contributed by atoms with Gasteiger partial charge in [-0.25, -0.2) is 4.98 Å². The van der Waals surface area contributed by atoms with E-state index in [4.69, 9.17) is 16.7 Å². The minimum Gasteiger partial charge on any atom is -0.393 e. The standard InChI is InChI=1S/C9H12ClNO/c1-6-3-8(4-7(2)12)5-9(10)11-6/h3,5,7,12H,4H2,1-2H3/t7-/m1/s1. The molecule has 0 bridgehead atoms. The van der Waals surface area contributed by atoms with Crippen LogP contribution in [0.15, 0.2) is 12.1 Å². The van der Waals surface area contributed by atoms with Crippen LogP contribution in [0.3, 0.4) is 0 Å². The molecule has 1 heterocycles. The van der Waals surface area contributed by atoms with Gasteiger partial charge < -0.3 is 5.11 Å². The molecule has 12 heavy (non-hydrogen) atoms. The van der Waals surface area contributed by atoms with Crippen molar-refractivity contribution in [2.24, 2.45) is 0 Å². The third-order valence-corrected chi connectivity index (χ3v) is 1.71. The molecule has 1 aromatic rings. The highest BCUT2D eigenvalue weighted by molar-refractivity contribution is 6.29. The van der Waals surface area contributed by atoms with Gasteiger partial charge in [-0.2, -0.15) is 0 Å². The number of rotatable bonds is 2. The SMILES string of the molecule is Cc1cc(C[C@@H](C)O)cc(Cl)n1. The van der Waals surface area contributed by atoms with Gasteiger partial charge in [-0.3, -0.25) is 0 Å². The van der Waals surface area contributed by atoms with E-state index in [0.29, 0.717) is 11.6 Å². The number of hydrogen-bond donors (Lipinski definition) is 1. The van der Waals surface area contributed by atoms with Gasteiger partial charge in [0.15, 0.2) is 0 Å². The molecule has 0 aliphatic rings. The molecular weight excluding hydrogens is 174 g/mol. The maximum atomic E-state index is 9.12. The van der Waals surface area contributed by atoms with E-state index in [9.17, 15) is 0 Å². The fourth-order valence-corrected chi connectivity index (χ4v) is 1.43. The maximum Gasteiger partial charge on any atom is 0.129 e.